The van der Waals surface area contributed by atoms with Gasteiger partial charge in [0.1, 0.15) is 11.6 Å². The monoisotopic (exact) mass is 210 g/mol. The lowest BCUT2D eigenvalue weighted by atomic mass is 10.1. The Morgan fingerprint density at radius 3 is 3.07 bits per heavy atom. The molecule has 0 aromatic carbocycles. The largest absolute Gasteiger partial charge is 0.469 e. The first-order chi connectivity index (χ1) is 6.77. The van der Waals surface area contributed by atoms with E-state index in [9.17, 15) is 0 Å². The number of aromatic amines is 1. The quantitative estimate of drug-likeness (QED) is 0.792. The van der Waals surface area contributed by atoms with Crippen molar-refractivity contribution in [2.75, 3.05) is 0 Å². The Morgan fingerprint density at radius 2 is 2.50 bits per heavy atom. The number of nitrogens with zero attached hydrogens (tertiary/aromatic N) is 1. The van der Waals surface area contributed by atoms with E-state index in [1.165, 1.54) is 0 Å². The molecular formula is C10H11ClN2O. The molecule has 0 bridgehead atoms. The van der Waals surface area contributed by atoms with E-state index in [1.807, 2.05) is 13.0 Å². The lowest BCUT2D eigenvalue weighted by Crippen LogP contribution is -1.97. The summed E-state index contributed by atoms with van der Waals surface area (Å²) in [4.78, 5) is 7.15. The molecule has 3 nitrogen and oxygen atoms in total. The molecule has 0 spiro atoms. The number of aromatic nitrogens is 2. The maximum absolute atomic E-state index is 6.22. The van der Waals surface area contributed by atoms with Gasteiger partial charge in [-0.2, -0.15) is 0 Å². The van der Waals surface area contributed by atoms with Crippen LogP contribution < -0.4 is 0 Å². The van der Waals surface area contributed by atoms with Gasteiger partial charge < -0.3 is 9.40 Å². The van der Waals surface area contributed by atoms with Gasteiger partial charge in [0.15, 0.2) is 0 Å². The van der Waals surface area contributed by atoms with Crippen molar-refractivity contribution < 1.29 is 4.42 Å². The number of hydrogen-bond donors (Lipinski definition) is 1. The molecule has 2 aromatic heterocycles. The normalized spacial score (nSPS) is 13.0. The van der Waals surface area contributed by atoms with E-state index in [1.54, 1.807) is 18.7 Å². The van der Waals surface area contributed by atoms with Crippen LogP contribution in [0.1, 0.15) is 22.5 Å². The molecule has 0 radical (unpaired) electrons. The van der Waals surface area contributed by atoms with Crippen molar-refractivity contribution >= 4 is 11.6 Å². The topological polar surface area (TPSA) is 41.8 Å². The molecule has 1 N–H and O–H groups in total. The van der Waals surface area contributed by atoms with Crippen LogP contribution in [0.3, 0.4) is 0 Å². The summed E-state index contributed by atoms with van der Waals surface area (Å²) in [6.07, 6.45) is 5.86. The minimum absolute atomic E-state index is 0.0834. The van der Waals surface area contributed by atoms with Gasteiger partial charge in [-0.05, 0) is 13.0 Å². The molecule has 0 aliphatic rings. The van der Waals surface area contributed by atoms with Crippen molar-refractivity contribution in [3.05, 3.63) is 41.9 Å². The van der Waals surface area contributed by atoms with Gasteiger partial charge in [0.05, 0.1) is 11.6 Å². The highest BCUT2D eigenvalue weighted by Crippen LogP contribution is 2.27. The molecule has 1 unspecified atom stereocenters. The van der Waals surface area contributed by atoms with Crippen LogP contribution in [-0.4, -0.2) is 9.97 Å². The second kappa shape index (κ2) is 3.88. The van der Waals surface area contributed by atoms with Crippen LogP contribution in [-0.2, 0) is 6.42 Å². The third kappa shape index (κ3) is 1.82. The second-order valence-electron chi connectivity index (χ2n) is 3.14. The zero-order valence-corrected chi connectivity index (χ0v) is 8.58. The molecule has 4 heteroatoms. The van der Waals surface area contributed by atoms with Crippen LogP contribution >= 0.6 is 11.6 Å². The molecule has 14 heavy (non-hydrogen) atoms. The molecule has 0 saturated heterocycles. The Morgan fingerprint density at radius 1 is 1.64 bits per heavy atom. The summed E-state index contributed by atoms with van der Waals surface area (Å²) >= 11 is 6.22. The fourth-order valence-corrected chi connectivity index (χ4v) is 1.78. The maximum atomic E-state index is 6.22. The standard InChI is InChI=1S/C10H11ClN2O/c1-7-8(2-5-14-7)9(11)6-10-12-3-4-13-10/h2-5,9H,6H2,1H3,(H,12,13). The number of aryl methyl sites for hydroxylation is 1. The van der Waals surface area contributed by atoms with Crippen LogP contribution in [0.4, 0.5) is 0 Å². The predicted molar refractivity (Wildman–Crippen MR) is 54.3 cm³/mol. The molecular weight excluding hydrogens is 200 g/mol. The summed E-state index contributed by atoms with van der Waals surface area (Å²) in [6.45, 7) is 1.91. The Balaban J connectivity index is 2.10. The van der Waals surface area contributed by atoms with Gasteiger partial charge >= 0.3 is 0 Å². The van der Waals surface area contributed by atoms with E-state index in [4.69, 9.17) is 16.0 Å². The highest BCUT2D eigenvalue weighted by molar-refractivity contribution is 6.20. The predicted octanol–water partition coefficient (Wildman–Crippen LogP) is 2.83. The summed E-state index contributed by atoms with van der Waals surface area (Å²) < 4.78 is 5.19. The van der Waals surface area contributed by atoms with Crippen LogP contribution in [0.15, 0.2) is 29.1 Å². The summed E-state index contributed by atoms with van der Waals surface area (Å²) in [5, 5.41) is -0.0834. The molecule has 0 saturated carbocycles. The lowest BCUT2D eigenvalue weighted by molar-refractivity contribution is 0.529. The first kappa shape index (κ1) is 9.34. The first-order valence-electron chi connectivity index (χ1n) is 4.43. The Kier molecular flexibility index (Phi) is 2.59. The molecule has 2 rings (SSSR count). The van der Waals surface area contributed by atoms with Crippen LogP contribution in [0.25, 0.3) is 0 Å². The number of alkyl halides is 1. The summed E-state index contributed by atoms with van der Waals surface area (Å²) in [6, 6.07) is 1.90. The van der Waals surface area contributed by atoms with Crippen molar-refractivity contribution in [1.82, 2.24) is 9.97 Å². The summed E-state index contributed by atoms with van der Waals surface area (Å²) in [5.74, 6) is 1.77. The number of nitrogens with one attached hydrogen (secondary N) is 1. The number of H-pyrrole nitrogens is 1. The van der Waals surface area contributed by atoms with Crippen molar-refractivity contribution in [1.29, 1.82) is 0 Å². The van der Waals surface area contributed by atoms with E-state index < -0.39 is 0 Å². The van der Waals surface area contributed by atoms with E-state index in [2.05, 4.69) is 9.97 Å². The molecule has 0 aliphatic heterocycles. The third-order valence-corrected chi connectivity index (χ3v) is 2.55. The number of rotatable bonds is 3. The molecule has 2 heterocycles. The van der Waals surface area contributed by atoms with E-state index in [-0.39, 0.29) is 5.38 Å². The van der Waals surface area contributed by atoms with Crippen LogP contribution in [0.2, 0.25) is 0 Å². The molecule has 0 aliphatic carbocycles. The van der Waals surface area contributed by atoms with Gasteiger partial charge in [0.2, 0.25) is 0 Å². The second-order valence-corrected chi connectivity index (χ2v) is 3.67. The van der Waals surface area contributed by atoms with E-state index >= 15 is 0 Å². The van der Waals surface area contributed by atoms with Gasteiger partial charge in [-0.3, -0.25) is 0 Å². The highest BCUT2D eigenvalue weighted by atomic mass is 35.5. The average molecular weight is 211 g/mol. The minimum Gasteiger partial charge on any atom is -0.469 e. The SMILES string of the molecule is Cc1occc1C(Cl)Cc1ncc[nH]1. The van der Waals surface area contributed by atoms with E-state index in [0.29, 0.717) is 6.42 Å². The Labute approximate surface area is 87.1 Å². The molecule has 1 atom stereocenters. The molecule has 0 fully saturated rings. The minimum atomic E-state index is -0.0834. The zero-order valence-electron chi connectivity index (χ0n) is 7.83. The third-order valence-electron chi connectivity index (χ3n) is 2.16. The van der Waals surface area contributed by atoms with Gasteiger partial charge in [-0.15, -0.1) is 11.6 Å². The van der Waals surface area contributed by atoms with Gasteiger partial charge in [0, 0.05) is 24.4 Å². The van der Waals surface area contributed by atoms with E-state index in [0.717, 1.165) is 17.1 Å². The smallest absolute Gasteiger partial charge is 0.107 e. The summed E-state index contributed by atoms with van der Waals surface area (Å²) in [5.41, 5.74) is 1.03. The fourth-order valence-electron chi connectivity index (χ4n) is 1.41. The van der Waals surface area contributed by atoms with Crippen LogP contribution in [0, 0.1) is 6.92 Å². The molecule has 2 aromatic rings. The lowest BCUT2D eigenvalue weighted by Gasteiger charge is -2.05. The van der Waals surface area contributed by atoms with Gasteiger partial charge in [-0.25, -0.2) is 4.98 Å². The average Bonchev–Trinajstić information content (AvgIpc) is 2.75. The number of hydrogen-bond acceptors (Lipinski definition) is 2. The number of imidazole rings is 1. The van der Waals surface area contributed by atoms with Crippen LogP contribution in [0.5, 0.6) is 0 Å². The van der Waals surface area contributed by atoms with Gasteiger partial charge in [0.25, 0.3) is 0 Å². The van der Waals surface area contributed by atoms with Crippen molar-refractivity contribution in [2.24, 2.45) is 0 Å². The fraction of sp³-hybridized carbons (Fsp3) is 0.300. The highest BCUT2D eigenvalue weighted by Gasteiger charge is 2.14. The Bertz CT molecular complexity index is 394. The van der Waals surface area contributed by atoms with Crippen molar-refractivity contribution in [3.8, 4) is 0 Å². The zero-order chi connectivity index (χ0) is 9.97. The number of halogens is 1. The van der Waals surface area contributed by atoms with Crippen molar-refractivity contribution in [3.63, 3.8) is 0 Å². The first-order valence-corrected chi connectivity index (χ1v) is 4.87. The Hall–Kier alpha value is -1.22. The van der Waals surface area contributed by atoms with Gasteiger partial charge in [-0.1, -0.05) is 0 Å². The van der Waals surface area contributed by atoms with Crippen molar-refractivity contribution in [2.45, 2.75) is 18.7 Å². The summed E-state index contributed by atoms with van der Waals surface area (Å²) in [7, 11) is 0. The maximum Gasteiger partial charge on any atom is 0.107 e. The number of furan rings is 1. The molecule has 0 amide bonds. The molecule has 74 valence electrons.